The average Bonchev–Trinajstić information content (AvgIpc) is 2.73. The third kappa shape index (κ3) is 1.56. The lowest BCUT2D eigenvalue weighted by molar-refractivity contribution is 0.359. The van der Waals surface area contributed by atoms with E-state index in [0.29, 0.717) is 6.04 Å². The summed E-state index contributed by atoms with van der Waals surface area (Å²) in [6, 6.07) is 6.65. The molecule has 3 nitrogen and oxygen atoms in total. The predicted molar refractivity (Wildman–Crippen MR) is 66.3 cm³/mol. The number of hydrogen-bond acceptors (Lipinski definition) is 2. The number of aromatic nitrogens is 2. The van der Waals surface area contributed by atoms with Crippen LogP contribution in [0.3, 0.4) is 0 Å². The Morgan fingerprint density at radius 1 is 1.19 bits per heavy atom. The number of nitrogens with zero attached hydrogens (tertiary/aromatic N) is 2. The van der Waals surface area contributed by atoms with Crippen LogP contribution in [0.25, 0.3) is 11.0 Å². The number of rotatable bonds is 1. The van der Waals surface area contributed by atoms with Crippen molar-refractivity contribution < 1.29 is 0 Å². The van der Waals surface area contributed by atoms with Gasteiger partial charge in [0.15, 0.2) is 0 Å². The molecule has 1 aliphatic carbocycles. The van der Waals surface area contributed by atoms with E-state index in [1.807, 2.05) is 18.5 Å². The molecule has 1 aromatic heterocycles. The minimum Gasteiger partial charge on any atom is -0.399 e. The summed E-state index contributed by atoms with van der Waals surface area (Å²) in [7, 11) is 0. The normalized spacial score (nSPS) is 18.0. The number of hydrogen-bond donors (Lipinski definition) is 1. The molecule has 3 rings (SSSR count). The van der Waals surface area contributed by atoms with Gasteiger partial charge in [0.05, 0.1) is 17.4 Å². The van der Waals surface area contributed by atoms with Crippen molar-refractivity contribution in [2.75, 3.05) is 5.73 Å². The van der Waals surface area contributed by atoms with Crippen molar-refractivity contribution in [1.29, 1.82) is 0 Å². The van der Waals surface area contributed by atoms with Crippen molar-refractivity contribution in [2.24, 2.45) is 0 Å². The van der Waals surface area contributed by atoms with E-state index in [1.54, 1.807) is 0 Å². The van der Waals surface area contributed by atoms with Crippen molar-refractivity contribution in [1.82, 2.24) is 9.55 Å². The van der Waals surface area contributed by atoms with Gasteiger partial charge in [-0.2, -0.15) is 0 Å². The minimum absolute atomic E-state index is 0.641. The lowest BCUT2D eigenvalue weighted by Gasteiger charge is -2.23. The van der Waals surface area contributed by atoms with Crippen LogP contribution in [0, 0.1) is 0 Å². The summed E-state index contributed by atoms with van der Waals surface area (Å²) in [6.07, 6.45) is 8.63. The summed E-state index contributed by atoms with van der Waals surface area (Å²) in [4.78, 5) is 4.44. The Hall–Kier alpha value is -1.51. The molecule has 16 heavy (non-hydrogen) atoms. The second kappa shape index (κ2) is 3.81. The van der Waals surface area contributed by atoms with Gasteiger partial charge in [0, 0.05) is 11.7 Å². The van der Waals surface area contributed by atoms with E-state index in [-0.39, 0.29) is 0 Å². The first-order valence-corrected chi connectivity index (χ1v) is 6.07. The van der Waals surface area contributed by atoms with E-state index >= 15 is 0 Å². The van der Waals surface area contributed by atoms with Gasteiger partial charge >= 0.3 is 0 Å². The molecule has 1 fully saturated rings. The Morgan fingerprint density at radius 2 is 2.00 bits per heavy atom. The van der Waals surface area contributed by atoms with Crippen LogP contribution in [0.2, 0.25) is 0 Å². The lowest BCUT2D eigenvalue weighted by Crippen LogP contribution is -2.11. The zero-order chi connectivity index (χ0) is 11.0. The highest BCUT2D eigenvalue weighted by atomic mass is 15.1. The lowest BCUT2D eigenvalue weighted by atomic mass is 9.95. The Balaban J connectivity index is 2.03. The van der Waals surface area contributed by atoms with E-state index in [2.05, 4.69) is 15.6 Å². The fourth-order valence-electron chi connectivity index (χ4n) is 2.70. The molecule has 2 N–H and O–H groups in total. The zero-order valence-corrected chi connectivity index (χ0v) is 9.39. The van der Waals surface area contributed by atoms with Crippen molar-refractivity contribution in [3.05, 3.63) is 24.5 Å². The first-order chi connectivity index (χ1) is 7.84. The fraction of sp³-hybridized carbons (Fsp3) is 0.462. The number of benzene rings is 1. The van der Waals surface area contributed by atoms with Gasteiger partial charge in [-0.15, -0.1) is 0 Å². The maximum Gasteiger partial charge on any atom is 0.0960 e. The summed E-state index contributed by atoms with van der Waals surface area (Å²) < 4.78 is 2.33. The molecule has 0 bridgehead atoms. The minimum atomic E-state index is 0.641. The Bertz CT molecular complexity index is 495. The fourth-order valence-corrected chi connectivity index (χ4v) is 2.70. The molecule has 1 aliphatic rings. The molecule has 2 aromatic rings. The van der Waals surface area contributed by atoms with Gasteiger partial charge in [0.2, 0.25) is 0 Å². The summed E-state index contributed by atoms with van der Waals surface area (Å²) in [5, 5.41) is 0. The van der Waals surface area contributed by atoms with E-state index in [0.717, 1.165) is 11.2 Å². The first-order valence-electron chi connectivity index (χ1n) is 6.07. The third-order valence-electron chi connectivity index (χ3n) is 3.57. The molecule has 0 radical (unpaired) electrons. The van der Waals surface area contributed by atoms with Crippen LogP contribution in [0.4, 0.5) is 5.69 Å². The van der Waals surface area contributed by atoms with Gasteiger partial charge in [-0.3, -0.25) is 0 Å². The number of nitrogens with two attached hydrogens (primary N) is 1. The van der Waals surface area contributed by atoms with Gasteiger partial charge in [0.1, 0.15) is 0 Å². The van der Waals surface area contributed by atoms with Gasteiger partial charge < -0.3 is 10.3 Å². The molecule has 0 amide bonds. The van der Waals surface area contributed by atoms with Gasteiger partial charge in [-0.1, -0.05) is 19.3 Å². The Morgan fingerprint density at radius 3 is 2.81 bits per heavy atom. The zero-order valence-electron chi connectivity index (χ0n) is 9.39. The van der Waals surface area contributed by atoms with Crippen molar-refractivity contribution >= 4 is 16.7 Å². The van der Waals surface area contributed by atoms with Gasteiger partial charge in [0.25, 0.3) is 0 Å². The van der Waals surface area contributed by atoms with Crippen molar-refractivity contribution in [2.45, 2.75) is 38.1 Å². The van der Waals surface area contributed by atoms with Crippen LogP contribution in [0.15, 0.2) is 24.5 Å². The van der Waals surface area contributed by atoms with E-state index in [1.165, 1.54) is 37.6 Å². The second-order valence-electron chi connectivity index (χ2n) is 4.69. The smallest absolute Gasteiger partial charge is 0.0960 e. The predicted octanol–water partition coefficient (Wildman–Crippen LogP) is 3.12. The Labute approximate surface area is 95.3 Å². The summed E-state index contributed by atoms with van der Waals surface area (Å²) in [6.45, 7) is 0. The molecule has 1 aromatic carbocycles. The maximum atomic E-state index is 5.76. The van der Waals surface area contributed by atoms with E-state index in [9.17, 15) is 0 Å². The number of nitrogen functional groups attached to an aromatic ring is 1. The van der Waals surface area contributed by atoms with E-state index < -0.39 is 0 Å². The van der Waals surface area contributed by atoms with Crippen LogP contribution < -0.4 is 5.73 Å². The molecule has 0 unspecified atom stereocenters. The van der Waals surface area contributed by atoms with Crippen molar-refractivity contribution in [3.8, 4) is 0 Å². The van der Waals surface area contributed by atoms with Crippen LogP contribution in [0.5, 0.6) is 0 Å². The SMILES string of the molecule is Nc1ccc2c(c1)ncn2C1CCCCC1. The van der Waals surface area contributed by atoms with Crippen LogP contribution >= 0.6 is 0 Å². The number of imidazole rings is 1. The second-order valence-corrected chi connectivity index (χ2v) is 4.69. The summed E-state index contributed by atoms with van der Waals surface area (Å²) in [5.41, 5.74) is 8.80. The molecule has 0 aliphatic heterocycles. The van der Waals surface area contributed by atoms with Crippen molar-refractivity contribution in [3.63, 3.8) is 0 Å². The number of anilines is 1. The highest BCUT2D eigenvalue weighted by Crippen LogP contribution is 2.30. The Kier molecular flexibility index (Phi) is 2.31. The number of fused-ring (bicyclic) bond motifs is 1. The van der Waals surface area contributed by atoms with Gasteiger partial charge in [-0.25, -0.2) is 4.98 Å². The van der Waals surface area contributed by atoms with Crippen LogP contribution in [-0.2, 0) is 0 Å². The molecule has 3 heteroatoms. The largest absolute Gasteiger partial charge is 0.399 e. The maximum absolute atomic E-state index is 5.76. The summed E-state index contributed by atoms with van der Waals surface area (Å²) in [5.74, 6) is 0. The molecule has 0 spiro atoms. The quantitative estimate of drug-likeness (QED) is 0.743. The van der Waals surface area contributed by atoms with Gasteiger partial charge in [-0.05, 0) is 31.0 Å². The molecule has 1 heterocycles. The van der Waals surface area contributed by atoms with Crippen LogP contribution in [0.1, 0.15) is 38.1 Å². The highest BCUT2D eigenvalue weighted by Gasteiger charge is 2.16. The van der Waals surface area contributed by atoms with Crippen LogP contribution in [-0.4, -0.2) is 9.55 Å². The average molecular weight is 215 g/mol. The van der Waals surface area contributed by atoms with E-state index in [4.69, 9.17) is 5.73 Å². The molecule has 84 valence electrons. The monoisotopic (exact) mass is 215 g/mol. The molecular formula is C13H17N3. The highest BCUT2D eigenvalue weighted by molar-refractivity contribution is 5.79. The first kappa shape index (κ1) is 9.70. The summed E-state index contributed by atoms with van der Waals surface area (Å²) >= 11 is 0. The molecular weight excluding hydrogens is 198 g/mol. The molecule has 0 atom stereocenters. The third-order valence-corrected chi connectivity index (χ3v) is 3.57. The standard InChI is InChI=1S/C13H17N3/c14-10-6-7-13-12(8-10)15-9-16(13)11-4-2-1-3-5-11/h6-9,11H,1-5,14H2. The molecule has 0 saturated heterocycles. The molecule has 1 saturated carbocycles. The topological polar surface area (TPSA) is 43.8 Å².